The van der Waals surface area contributed by atoms with Gasteiger partial charge in [0.2, 0.25) is 5.91 Å². The molecule has 1 aliphatic rings. The Morgan fingerprint density at radius 3 is 2.70 bits per heavy atom. The Bertz CT molecular complexity index is 810. The minimum absolute atomic E-state index is 0.0723. The summed E-state index contributed by atoms with van der Waals surface area (Å²) in [5.41, 5.74) is 8.32. The van der Waals surface area contributed by atoms with E-state index in [1.54, 1.807) is 6.07 Å². The van der Waals surface area contributed by atoms with Crippen molar-refractivity contribution in [2.75, 3.05) is 30.3 Å². The Labute approximate surface area is 164 Å². The van der Waals surface area contributed by atoms with Gasteiger partial charge in [-0.15, -0.1) is 11.8 Å². The van der Waals surface area contributed by atoms with Crippen LogP contribution in [0.15, 0.2) is 53.4 Å². The van der Waals surface area contributed by atoms with E-state index >= 15 is 0 Å². The van der Waals surface area contributed by atoms with E-state index in [0.29, 0.717) is 24.4 Å². The number of nitrogens with one attached hydrogen (secondary N) is 1. The highest BCUT2D eigenvalue weighted by molar-refractivity contribution is 8.00. The van der Waals surface area contributed by atoms with Crippen molar-refractivity contribution >= 4 is 29.3 Å². The third-order valence-electron chi connectivity index (χ3n) is 4.59. The molecule has 2 amide bonds. The van der Waals surface area contributed by atoms with Gasteiger partial charge in [-0.3, -0.25) is 9.59 Å². The summed E-state index contributed by atoms with van der Waals surface area (Å²) in [6.07, 6.45) is 2.65. The molecule has 3 rings (SSSR count). The number of benzene rings is 2. The maximum atomic E-state index is 12.7. The number of carbonyl (C=O) groups is 2. The summed E-state index contributed by atoms with van der Waals surface area (Å²) in [7, 11) is 0. The molecule has 6 heteroatoms. The summed E-state index contributed by atoms with van der Waals surface area (Å²) in [6, 6.07) is 15.5. The van der Waals surface area contributed by atoms with Gasteiger partial charge in [0.25, 0.3) is 5.91 Å². The van der Waals surface area contributed by atoms with Gasteiger partial charge in [-0.2, -0.15) is 0 Å². The summed E-state index contributed by atoms with van der Waals surface area (Å²) in [4.78, 5) is 27.8. The van der Waals surface area contributed by atoms with E-state index in [-0.39, 0.29) is 11.8 Å². The smallest absolute Gasteiger partial charge is 0.252 e. The van der Waals surface area contributed by atoms with Gasteiger partial charge in [0.15, 0.2) is 0 Å². The largest absolute Gasteiger partial charge is 0.352 e. The monoisotopic (exact) mass is 383 g/mol. The first-order chi connectivity index (χ1) is 13.2. The lowest BCUT2D eigenvalue weighted by Gasteiger charge is -2.17. The number of anilines is 1. The molecule has 1 aliphatic heterocycles. The summed E-state index contributed by atoms with van der Waals surface area (Å²) in [5.74, 6) is 0.281. The lowest BCUT2D eigenvalue weighted by molar-refractivity contribution is -0.116. The van der Waals surface area contributed by atoms with Gasteiger partial charge in [-0.1, -0.05) is 30.3 Å². The van der Waals surface area contributed by atoms with Gasteiger partial charge in [0, 0.05) is 23.7 Å². The van der Waals surface area contributed by atoms with Gasteiger partial charge in [-0.05, 0) is 49.6 Å². The van der Waals surface area contributed by atoms with Crippen LogP contribution in [0.3, 0.4) is 0 Å². The summed E-state index contributed by atoms with van der Waals surface area (Å²) in [5, 5.41) is 2.93. The van der Waals surface area contributed by atoms with Crippen LogP contribution in [-0.4, -0.2) is 37.2 Å². The quantitative estimate of drug-likeness (QED) is 0.543. The summed E-state index contributed by atoms with van der Waals surface area (Å²) < 4.78 is 0. The minimum atomic E-state index is -0.103. The number of fused-ring (bicyclic) bond motifs is 1. The normalized spacial score (nSPS) is 12.7. The first-order valence-corrected chi connectivity index (χ1v) is 10.3. The number of rotatable bonds is 8. The van der Waals surface area contributed by atoms with Gasteiger partial charge < -0.3 is 16.0 Å². The molecule has 3 N–H and O–H groups in total. The van der Waals surface area contributed by atoms with Crippen molar-refractivity contribution in [1.82, 2.24) is 5.32 Å². The van der Waals surface area contributed by atoms with Crippen LogP contribution in [0.1, 0.15) is 28.8 Å². The Kier molecular flexibility index (Phi) is 6.90. The molecule has 0 aliphatic carbocycles. The second kappa shape index (κ2) is 9.58. The van der Waals surface area contributed by atoms with E-state index in [2.05, 4.69) is 11.4 Å². The molecule has 0 aromatic heterocycles. The van der Waals surface area contributed by atoms with Gasteiger partial charge >= 0.3 is 0 Å². The van der Waals surface area contributed by atoms with E-state index < -0.39 is 0 Å². The molecular weight excluding hydrogens is 358 g/mol. The van der Waals surface area contributed by atoms with Gasteiger partial charge in [0.05, 0.1) is 11.3 Å². The first kappa shape index (κ1) is 19.5. The van der Waals surface area contributed by atoms with E-state index in [4.69, 9.17) is 5.73 Å². The van der Waals surface area contributed by atoms with Crippen molar-refractivity contribution in [2.45, 2.75) is 24.2 Å². The number of thioether (sulfide) groups is 1. The highest BCUT2D eigenvalue weighted by atomic mass is 32.2. The number of hydrogen-bond donors (Lipinski definition) is 2. The average molecular weight is 384 g/mol. The van der Waals surface area contributed by atoms with Gasteiger partial charge in [0.1, 0.15) is 0 Å². The maximum absolute atomic E-state index is 12.7. The average Bonchev–Trinajstić information content (AvgIpc) is 3.14. The second-order valence-electron chi connectivity index (χ2n) is 6.46. The Balaban J connectivity index is 1.60. The number of hydrogen-bond acceptors (Lipinski definition) is 4. The number of nitrogens with two attached hydrogens (primary N) is 1. The summed E-state index contributed by atoms with van der Waals surface area (Å²) in [6.45, 7) is 1.96. The van der Waals surface area contributed by atoms with Gasteiger partial charge in [-0.25, -0.2) is 0 Å². The topological polar surface area (TPSA) is 75.4 Å². The lowest BCUT2D eigenvalue weighted by Crippen LogP contribution is -2.30. The van der Waals surface area contributed by atoms with Crippen LogP contribution in [0.2, 0.25) is 0 Å². The molecule has 142 valence electrons. The predicted octanol–water partition coefficient (Wildman–Crippen LogP) is 2.84. The third-order valence-corrected chi connectivity index (χ3v) is 5.65. The predicted molar refractivity (Wildman–Crippen MR) is 110 cm³/mol. The highest BCUT2D eigenvalue weighted by Crippen LogP contribution is 2.29. The molecule has 5 nitrogen and oxygen atoms in total. The molecule has 0 bridgehead atoms. The number of carbonyl (C=O) groups excluding carboxylic acids is 2. The Hall–Kier alpha value is -2.31. The highest BCUT2D eigenvalue weighted by Gasteiger charge is 2.24. The number of amides is 2. The van der Waals surface area contributed by atoms with Crippen molar-refractivity contribution < 1.29 is 9.59 Å². The van der Waals surface area contributed by atoms with Crippen LogP contribution in [0.25, 0.3) is 0 Å². The van der Waals surface area contributed by atoms with E-state index in [0.717, 1.165) is 36.4 Å². The molecule has 0 fully saturated rings. The molecule has 27 heavy (non-hydrogen) atoms. The van der Waals surface area contributed by atoms with Crippen LogP contribution < -0.4 is 16.0 Å². The van der Waals surface area contributed by atoms with Crippen LogP contribution >= 0.6 is 11.8 Å². The third kappa shape index (κ3) is 4.90. The molecular formula is C21H25N3O2S. The van der Waals surface area contributed by atoms with Crippen LogP contribution in [-0.2, 0) is 11.2 Å². The minimum Gasteiger partial charge on any atom is -0.352 e. The fourth-order valence-electron chi connectivity index (χ4n) is 3.16. The zero-order chi connectivity index (χ0) is 19.1. The Morgan fingerprint density at radius 2 is 1.85 bits per heavy atom. The van der Waals surface area contributed by atoms with E-state index in [1.807, 2.05) is 41.3 Å². The zero-order valence-electron chi connectivity index (χ0n) is 15.3. The number of unbranched alkanes of at least 4 members (excludes halogenated alkanes) is 1. The van der Waals surface area contributed by atoms with Crippen molar-refractivity contribution in [3.63, 3.8) is 0 Å². The fraction of sp³-hybridized carbons (Fsp3) is 0.333. The summed E-state index contributed by atoms with van der Waals surface area (Å²) >= 11 is 1.42. The molecule has 2 aromatic carbocycles. The molecule has 0 saturated carbocycles. The first-order valence-electron chi connectivity index (χ1n) is 9.29. The molecule has 2 aromatic rings. The standard InChI is InChI=1S/C21H25N3O2S/c22-12-5-6-13-23-21(26)17-8-2-4-10-19(17)27-15-20(25)24-14-11-16-7-1-3-9-18(16)24/h1-4,7-10H,5-6,11-15,22H2,(H,23,26). The van der Waals surface area contributed by atoms with Crippen LogP contribution in [0, 0.1) is 0 Å². The van der Waals surface area contributed by atoms with E-state index in [1.165, 1.54) is 17.3 Å². The van der Waals surface area contributed by atoms with Crippen molar-refractivity contribution in [1.29, 1.82) is 0 Å². The van der Waals surface area contributed by atoms with Crippen LogP contribution in [0.4, 0.5) is 5.69 Å². The number of para-hydroxylation sites is 1. The molecule has 0 spiro atoms. The molecule has 0 unspecified atom stereocenters. The maximum Gasteiger partial charge on any atom is 0.252 e. The molecule has 0 radical (unpaired) electrons. The molecule has 0 saturated heterocycles. The van der Waals surface area contributed by atoms with Crippen molar-refractivity contribution in [3.05, 3.63) is 59.7 Å². The lowest BCUT2D eigenvalue weighted by atomic mass is 10.2. The zero-order valence-corrected chi connectivity index (χ0v) is 16.1. The Morgan fingerprint density at radius 1 is 1.07 bits per heavy atom. The fourth-order valence-corrected chi connectivity index (χ4v) is 4.09. The van der Waals surface area contributed by atoms with Crippen molar-refractivity contribution in [2.24, 2.45) is 5.73 Å². The molecule has 0 atom stereocenters. The number of nitrogens with zero attached hydrogens (tertiary/aromatic N) is 1. The van der Waals surface area contributed by atoms with Crippen LogP contribution in [0.5, 0.6) is 0 Å². The van der Waals surface area contributed by atoms with Crippen molar-refractivity contribution in [3.8, 4) is 0 Å². The SMILES string of the molecule is NCCCCNC(=O)c1ccccc1SCC(=O)N1CCc2ccccc21. The second-order valence-corrected chi connectivity index (χ2v) is 7.48. The van der Waals surface area contributed by atoms with E-state index in [9.17, 15) is 9.59 Å². The molecule has 1 heterocycles.